The van der Waals surface area contributed by atoms with Crippen molar-refractivity contribution in [2.24, 2.45) is 7.05 Å². The van der Waals surface area contributed by atoms with Crippen LogP contribution in [0.3, 0.4) is 0 Å². The van der Waals surface area contributed by atoms with E-state index in [-0.39, 0.29) is 17.5 Å². The van der Waals surface area contributed by atoms with Crippen LogP contribution >= 0.6 is 0 Å². The normalized spacial score (nSPS) is 16.9. The van der Waals surface area contributed by atoms with Crippen LogP contribution in [0.2, 0.25) is 0 Å². The molecule has 0 spiro atoms. The van der Waals surface area contributed by atoms with Crippen LogP contribution in [0.25, 0.3) is 0 Å². The first-order valence-electron chi connectivity index (χ1n) is 8.56. The number of aromatic nitrogens is 1. The van der Waals surface area contributed by atoms with E-state index < -0.39 is 20.6 Å². The molecule has 3 rings (SSSR count). The fourth-order valence-corrected chi connectivity index (χ4v) is 4.44. The van der Waals surface area contributed by atoms with Crippen molar-refractivity contribution in [3.8, 4) is 0 Å². The number of sulfonamides is 1. The highest BCUT2D eigenvalue weighted by Crippen LogP contribution is 2.25. The number of aryl methyl sites for hydroxylation is 1. The maximum atomic E-state index is 12.7. The summed E-state index contributed by atoms with van der Waals surface area (Å²) in [7, 11) is -2.13. The minimum Gasteiger partial charge on any atom is -0.379 e. The average molecular weight is 394 g/mol. The van der Waals surface area contributed by atoms with E-state index >= 15 is 0 Å². The number of hydrogen-bond acceptors (Lipinski definition) is 6. The van der Waals surface area contributed by atoms with Gasteiger partial charge in [-0.05, 0) is 18.2 Å². The average Bonchev–Trinajstić information content (AvgIpc) is 3.08. The van der Waals surface area contributed by atoms with Crippen LogP contribution in [0, 0.1) is 10.1 Å². The summed E-state index contributed by atoms with van der Waals surface area (Å²) in [5.74, 6) is 0. The molecule has 2 heterocycles. The number of nitro groups is 1. The Balaban J connectivity index is 1.85. The lowest BCUT2D eigenvalue weighted by atomic mass is 10.1. The first-order valence-corrected chi connectivity index (χ1v) is 10.0. The van der Waals surface area contributed by atoms with Gasteiger partial charge in [-0.15, -0.1) is 0 Å². The molecule has 0 bridgehead atoms. The summed E-state index contributed by atoms with van der Waals surface area (Å²) in [5.41, 5.74) is 0.522. The number of para-hydroxylation sites is 1. The molecule has 0 radical (unpaired) electrons. The van der Waals surface area contributed by atoms with Gasteiger partial charge in [0.1, 0.15) is 0 Å². The quantitative estimate of drug-likeness (QED) is 0.560. The summed E-state index contributed by atoms with van der Waals surface area (Å²) in [6.07, 6.45) is 1.90. The number of morpholine rings is 1. The number of nitro benzene ring substituents is 1. The Bertz CT molecular complexity index is 906. The standard InChI is InChI=1S/C17H22N4O5S/c1-19-8-4-6-14(19)16(20-9-11-26-12-10-20)13-18-27(24,25)17-7-3-2-5-15(17)21(22)23/h2-8,16,18H,9-13H2,1H3. The molecule has 1 unspecified atom stereocenters. The second-order valence-corrected chi connectivity index (χ2v) is 8.02. The summed E-state index contributed by atoms with van der Waals surface area (Å²) in [4.78, 5) is 12.3. The molecule has 1 saturated heterocycles. The van der Waals surface area contributed by atoms with Gasteiger partial charge < -0.3 is 9.30 Å². The summed E-state index contributed by atoms with van der Waals surface area (Å²) >= 11 is 0. The van der Waals surface area contributed by atoms with Crippen LogP contribution in [0.15, 0.2) is 47.5 Å². The fourth-order valence-electron chi connectivity index (χ4n) is 3.23. The van der Waals surface area contributed by atoms with Gasteiger partial charge in [0.15, 0.2) is 4.90 Å². The lowest BCUT2D eigenvalue weighted by molar-refractivity contribution is -0.387. The molecule has 0 saturated carbocycles. The second kappa shape index (κ2) is 8.17. The third kappa shape index (κ3) is 4.35. The summed E-state index contributed by atoms with van der Waals surface area (Å²) < 4.78 is 35.4. The van der Waals surface area contributed by atoms with Crippen molar-refractivity contribution >= 4 is 15.7 Å². The molecule has 0 amide bonds. The molecule has 0 aliphatic carbocycles. The molecule has 1 aliphatic rings. The highest BCUT2D eigenvalue weighted by molar-refractivity contribution is 7.89. The number of nitrogens with zero attached hydrogens (tertiary/aromatic N) is 3. The van der Waals surface area contributed by atoms with Crippen LogP contribution in [0.4, 0.5) is 5.69 Å². The Labute approximate surface area is 157 Å². The molecule has 2 aromatic rings. The van der Waals surface area contributed by atoms with Gasteiger partial charge in [-0.25, -0.2) is 13.1 Å². The van der Waals surface area contributed by atoms with E-state index in [9.17, 15) is 18.5 Å². The zero-order chi connectivity index (χ0) is 19.4. The lowest BCUT2D eigenvalue weighted by Crippen LogP contribution is -2.44. The van der Waals surface area contributed by atoms with E-state index in [2.05, 4.69) is 9.62 Å². The predicted molar refractivity (Wildman–Crippen MR) is 98.8 cm³/mol. The Hall–Kier alpha value is -2.27. The van der Waals surface area contributed by atoms with Gasteiger partial charge in [0.25, 0.3) is 5.69 Å². The molecule has 1 N–H and O–H groups in total. The minimum atomic E-state index is -4.03. The van der Waals surface area contributed by atoms with Crippen molar-refractivity contribution in [3.05, 3.63) is 58.4 Å². The molecule has 10 heteroatoms. The van der Waals surface area contributed by atoms with E-state index in [4.69, 9.17) is 4.74 Å². The predicted octanol–water partition coefficient (Wildman–Crippen LogP) is 1.29. The zero-order valence-corrected chi connectivity index (χ0v) is 15.8. The van der Waals surface area contributed by atoms with Crippen LogP contribution in [-0.4, -0.2) is 55.7 Å². The summed E-state index contributed by atoms with van der Waals surface area (Å²) in [5, 5.41) is 11.2. The zero-order valence-electron chi connectivity index (χ0n) is 14.9. The second-order valence-electron chi connectivity index (χ2n) is 6.28. The number of rotatable bonds is 7. The minimum absolute atomic E-state index is 0.103. The van der Waals surface area contributed by atoms with Gasteiger partial charge in [-0.3, -0.25) is 15.0 Å². The van der Waals surface area contributed by atoms with E-state index in [1.54, 1.807) is 0 Å². The lowest BCUT2D eigenvalue weighted by Gasteiger charge is -2.34. The van der Waals surface area contributed by atoms with Gasteiger partial charge in [0, 0.05) is 44.6 Å². The molecule has 1 aliphatic heterocycles. The highest BCUT2D eigenvalue weighted by atomic mass is 32.2. The van der Waals surface area contributed by atoms with Gasteiger partial charge in [-0.1, -0.05) is 12.1 Å². The van der Waals surface area contributed by atoms with E-state index in [0.717, 1.165) is 5.69 Å². The van der Waals surface area contributed by atoms with Crippen molar-refractivity contribution in [3.63, 3.8) is 0 Å². The maximum Gasteiger partial charge on any atom is 0.289 e. The Morgan fingerprint density at radius 2 is 1.93 bits per heavy atom. The first-order chi connectivity index (χ1) is 12.9. The largest absolute Gasteiger partial charge is 0.379 e. The monoisotopic (exact) mass is 394 g/mol. The van der Waals surface area contributed by atoms with Crippen LogP contribution in [0.1, 0.15) is 11.7 Å². The van der Waals surface area contributed by atoms with Crippen molar-refractivity contribution in [2.45, 2.75) is 10.9 Å². The van der Waals surface area contributed by atoms with E-state index in [1.165, 1.54) is 24.3 Å². The van der Waals surface area contributed by atoms with Crippen molar-refractivity contribution < 1.29 is 18.1 Å². The van der Waals surface area contributed by atoms with Gasteiger partial charge in [0.2, 0.25) is 10.0 Å². The molecule has 1 fully saturated rings. The maximum absolute atomic E-state index is 12.7. The van der Waals surface area contributed by atoms with E-state index in [1.807, 2.05) is 29.9 Å². The van der Waals surface area contributed by atoms with Crippen molar-refractivity contribution in [2.75, 3.05) is 32.8 Å². The van der Waals surface area contributed by atoms with Crippen LogP contribution < -0.4 is 4.72 Å². The van der Waals surface area contributed by atoms with E-state index in [0.29, 0.717) is 26.3 Å². The fraction of sp³-hybridized carbons (Fsp3) is 0.412. The molecule has 1 aromatic heterocycles. The molecular weight excluding hydrogens is 372 g/mol. The molecule has 27 heavy (non-hydrogen) atoms. The highest BCUT2D eigenvalue weighted by Gasteiger charge is 2.29. The summed E-state index contributed by atoms with van der Waals surface area (Å²) in [6, 6.07) is 8.98. The molecule has 146 valence electrons. The SMILES string of the molecule is Cn1cccc1C(CNS(=O)(=O)c1ccccc1[N+](=O)[O-])N1CCOCC1. The number of benzene rings is 1. The Morgan fingerprint density at radius 3 is 2.56 bits per heavy atom. The van der Waals surface area contributed by atoms with Gasteiger partial charge in [-0.2, -0.15) is 0 Å². The van der Waals surface area contributed by atoms with Crippen molar-refractivity contribution in [1.29, 1.82) is 0 Å². The van der Waals surface area contributed by atoms with Gasteiger partial charge in [0.05, 0.1) is 24.2 Å². The summed E-state index contributed by atoms with van der Waals surface area (Å²) in [6.45, 7) is 2.63. The Morgan fingerprint density at radius 1 is 1.22 bits per heavy atom. The third-order valence-corrected chi connectivity index (χ3v) is 6.10. The number of ether oxygens (including phenoxy) is 1. The van der Waals surface area contributed by atoms with Crippen LogP contribution in [-0.2, 0) is 21.8 Å². The smallest absolute Gasteiger partial charge is 0.289 e. The molecule has 1 atom stereocenters. The third-order valence-electron chi connectivity index (χ3n) is 4.63. The van der Waals surface area contributed by atoms with Crippen molar-refractivity contribution in [1.82, 2.24) is 14.2 Å². The topological polar surface area (TPSA) is 107 Å². The van der Waals surface area contributed by atoms with Gasteiger partial charge >= 0.3 is 0 Å². The Kier molecular flexibility index (Phi) is 5.90. The first kappa shape index (κ1) is 19.5. The molecule has 9 nitrogen and oxygen atoms in total. The molecule has 1 aromatic carbocycles. The number of hydrogen-bond donors (Lipinski definition) is 1. The number of nitrogens with one attached hydrogen (secondary N) is 1. The molecular formula is C17H22N4O5S. The van der Waals surface area contributed by atoms with Crippen LogP contribution in [0.5, 0.6) is 0 Å².